The van der Waals surface area contributed by atoms with Crippen LogP contribution in [0.1, 0.15) is 25.7 Å². The molecule has 122 valence electrons. The SMILES string of the molecule is NC1CCCCC1Nc1nccc(Nc2cc(Cl)cc(Cl)c2)n1. The van der Waals surface area contributed by atoms with Crippen molar-refractivity contribution in [2.45, 2.75) is 37.8 Å². The minimum Gasteiger partial charge on any atom is -0.350 e. The molecule has 0 radical (unpaired) electrons. The molecule has 0 aliphatic heterocycles. The fraction of sp³-hybridized carbons (Fsp3) is 0.375. The summed E-state index contributed by atoms with van der Waals surface area (Å²) in [6, 6.07) is 7.43. The van der Waals surface area contributed by atoms with Crippen LogP contribution in [0, 0.1) is 0 Å². The van der Waals surface area contributed by atoms with Gasteiger partial charge < -0.3 is 16.4 Å². The number of aromatic nitrogens is 2. The molecular weight excluding hydrogens is 333 g/mol. The Balaban J connectivity index is 1.71. The van der Waals surface area contributed by atoms with E-state index in [1.165, 1.54) is 12.8 Å². The third-order valence-corrected chi connectivity index (χ3v) is 4.36. The van der Waals surface area contributed by atoms with Gasteiger partial charge in [-0.05, 0) is 37.1 Å². The van der Waals surface area contributed by atoms with E-state index in [2.05, 4.69) is 20.6 Å². The Kier molecular flexibility index (Phi) is 5.20. The molecule has 0 bridgehead atoms. The van der Waals surface area contributed by atoms with E-state index in [0.717, 1.165) is 18.5 Å². The van der Waals surface area contributed by atoms with Crippen molar-refractivity contribution >= 4 is 40.7 Å². The summed E-state index contributed by atoms with van der Waals surface area (Å²) in [5.41, 5.74) is 6.94. The predicted molar refractivity (Wildman–Crippen MR) is 95.6 cm³/mol. The summed E-state index contributed by atoms with van der Waals surface area (Å²) in [4.78, 5) is 8.76. The third-order valence-electron chi connectivity index (χ3n) is 3.92. The van der Waals surface area contributed by atoms with E-state index in [1.54, 1.807) is 30.5 Å². The number of rotatable bonds is 4. The lowest BCUT2D eigenvalue weighted by Crippen LogP contribution is -2.42. The Morgan fingerprint density at radius 3 is 2.57 bits per heavy atom. The van der Waals surface area contributed by atoms with Crippen molar-refractivity contribution in [3.63, 3.8) is 0 Å². The normalized spacial score (nSPS) is 21.0. The highest BCUT2D eigenvalue weighted by Crippen LogP contribution is 2.25. The zero-order valence-corrected chi connectivity index (χ0v) is 14.1. The Bertz CT molecular complexity index is 659. The highest BCUT2D eigenvalue weighted by atomic mass is 35.5. The van der Waals surface area contributed by atoms with E-state index in [4.69, 9.17) is 28.9 Å². The Morgan fingerprint density at radius 1 is 1.09 bits per heavy atom. The molecule has 1 aromatic carbocycles. The standard InChI is InChI=1S/C16H19Cl2N5/c17-10-7-11(18)9-12(8-10)21-15-5-6-20-16(23-15)22-14-4-2-1-3-13(14)19/h5-9,13-14H,1-4,19H2,(H2,20,21,22,23). The van der Waals surface area contributed by atoms with Gasteiger partial charge >= 0.3 is 0 Å². The van der Waals surface area contributed by atoms with E-state index in [-0.39, 0.29) is 12.1 Å². The summed E-state index contributed by atoms with van der Waals surface area (Å²) in [6.07, 6.45) is 6.17. The maximum absolute atomic E-state index is 6.16. The van der Waals surface area contributed by atoms with E-state index in [1.807, 2.05) is 0 Å². The molecule has 1 saturated carbocycles. The van der Waals surface area contributed by atoms with Crippen molar-refractivity contribution in [3.05, 3.63) is 40.5 Å². The van der Waals surface area contributed by atoms with Gasteiger partial charge in [-0.1, -0.05) is 36.0 Å². The van der Waals surface area contributed by atoms with E-state index in [9.17, 15) is 0 Å². The summed E-state index contributed by atoms with van der Waals surface area (Å²) in [6.45, 7) is 0. The van der Waals surface area contributed by atoms with Gasteiger partial charge in [-0.25, -0.2) is 4.98 Å². The second-order valence-corrected chi connectivity index (χ2v) is 6.62. The lowest BCUT2D eigenvalue weighted by atomic mass is 9.91. The van der Waals surface area contributed by atoms with Crippen molar-refractivity contribution in [2.75, 3.05) is 10.6 Å². The number of anilines is 3. The van der Waals surface area contributed by atoms with Crippen LogP contribution < -0.4 is 16.4 Å². The number of benzene rings is 1. The van der Waals surface area contributed by atoms with Gasteiger partial charge in [-0.15, -0.1) is 0 Å². The van der Waals surface area contributed by atoms with Gasteiger partial charge in [0.2, 0.25) is 5.95 Å². The zero-order chi connectivity index (χ0) is 16.2. The first-order chi connectivity index (χ1) is 11.1. The van der Waals surface area contributed by atoms with Crippen molar-refractivity contribution in [1.82, 2.24) is 9.97 Å². The Hall–Kier alpha value is -1.56. The molecule has 7 heteroatoms. The molecule has 2 aromatic rings. The molecule has 0 saturated heterocycles. The second kappa shape index (κ2) is 7.34. The van der Waals surface area contributed by atoms with Gasteiger partial charge in [-0.2, -0.15) is 4.98 Å². The van der Waals surface area contributed by atoms with Crippen LogP contribution in [0.2, 0.25) is 10.0 Å². The van der Waals surface area contributed by atoms with E-state index in [0.29, 0.717) is 21.8 Å². The molecule has 1 heterocycles. The van der Waals surface area contributed by atoms with Crippen molar-refractivity contribution in [3.8, 4) is 0 Å². The predicted octanol–water partition coefficient (Wildman–Crippen LogP) is 4.21. The topological polar surface area (TPSA) is 75.9 Å². The molecule has 0 spiro atoms. The molecule has 1 aromatic heterocycles. The Labute approximate surface area is 145 Å². The zero-order valence-electron chi connectivity index (χ0n) is 12.6. The van der Waals surface area contributed by atoms with Gasteiger partial charge in [-0.3, -0.25) is 0 Å². The van der Waals surface area contributed by atoms with Gasteiger partial charge in [0.25, 0.3) is 0 Å². The summed E-state index contributed by atoms with van der Waals surface area (Å²) >= 11 is 12.0. The lowest BCUT2D eigenvalue weighted by molar-refractivity contribution is 0.402. The number of halogens is 2. The lowest BCUT2D eigenvalue weighted by Gasteiger charge is -2.29. The molecule has 23 heavy (non-hydrogen) atoms. The molecule has 3 rings (SSSR count). The Morgan fingerprint density at radius 2 is 1.83 bits per heavy atom. The van der Waals surface area contributed by atoms with Crippen LogP contribution in [0.25, 0.3) is 0 Å². The molecule has 5 nitrogen and oxygen atoms in total. The smallest absolute Gasteiger partial charge is 0.224 e. The number of nitrogens with two attached hydrogens (primary N) is 1. The first-order valence-corrected chi connectivity index (χ1v) is 8.44. The average Bonchev–Trinajstić information content (AvgIpc) is 2.49. The van der Waals surface area contributed by atoms with E-state index < -0.39 is 0 Å². The number of nitrogens with zero attached hydrogens (tertiary/aromatic N) is 2. The largest absolute Gasteiger partial charge is 0.350 e. The first-order valence-electron chi connectivity index (χ1n) is 7.68. The quantitative estimate of drug-likeness (QED) is 0.769. The van der Waals surface area contributed by atoms with Crippen LogP contribution in [0.5, 0.6) is 0 Å². The third kappa shape index (κ3) is 4.47. The van der Waals surface area contributed by atoms with Crippen LogP contribution in [-0.4, -0.2) is 22.1 Å². The number of nitrogens with one attached hydrogen (secondary N) is 2. The van der Waals surface area contributed by atoms with Gasteiger partial charge in [0, 0.05) is 34.0 Å². The first kappa shape index (κ1) is 16.3. The summed E-state index contributed by atoms with van der Waals surface area (Å²) in [5, 5.41) is 7.66. The van der Waals surface area contributed by atoms with E-state index >= 15 is 0 Å². The molecule has 1 aliphatic rings. The van der Waals surface area contributed by atoms with Gasteiger partial charge in [0.15, 0.2) is 0 Å². The highest BCUT2D eigenvalue weighted by Gasteiger charge is 2.22. The molecule has 1 aliphatic carbocycles. The maximum Gasteiger partial charge on any atom is 0.224 e. The summed E-state index contributed by atoms with van der Waals surface area (Å²) in [5.74, 6) is 1.25. The average molecular weight is 352 g/mol. The molecule has 0 amide bonds. The molecule has 4 N–H and O–H groups in total. The monoisotopic (exact) mass is 351 g/mol. The maximum atomic E-state index is 6.16. The molecule has 2 unspecified atom stereocenters. The van der Waals surface area contributed by atoms with Crippen LogP contribution in [0.4, 0.5) is 17.5 Å². The minimum atomic E-state index is 0.149. The van der Waals surface area contributed by atoms with Crippen molar-refractivity contribution in [2.24, 2.45) is 5.73 Å². The molecule has 2 atom stereocenters. The van der Waals surface area contributed by atoms with Crippen LogP contribution in [-0.2, 0) is 0 Å². The van der Waals surface area contributed by atoms with Crippen LogP contribution >= 0.6 is 23.2 Å². The van der Waals surface area contributed by atoms with Gasteiger partial charge in [0.05, 0.1) is 0 Å². The van der Waals surface area contributed by atoms with Crippen molar-refractivity contribution in [1.29, 1.82) is 0 Å². The van der Waals surface area contributed by atoms with Gasteiger partial charge in [0.1, 0.15) is 5.82 Å². The van der Waals surface area contributed by atoms with Crippen LogP contribution in [0.15, 0.2) is 30.5 Å². The molecular formula is C16H19Cl2N5. The van der Waals surface area contributed by atoms with Crippen molar-refractivity contribution < 1.29 is 0 Å². The summed E-state index contributed by atoms with van der Waals surface area (Å²) < 4.78 is 0. The summed E-state index contributed by atoms with van der Waals surface area (Å²) in [7, 11) is 0. The highest BCUT2D eigenvalue weighted by molar-refractivity contribution is 6.35. The number of hydrogen-bond donors (Lipinski definition) is 3. The molecule has 1 fully saturated rings. The minimum absolute atomic E-state index is 0.149. The van der Waals surface area contributed by atoms with Crippen LogP contribution in [0.3, 0.4) is 0 Å². The second-order valence-electron chi connectivity index (χ2n) is 5.75. The fourth-order valence-electron chi connectivity index (χ4n) is 2.78. The number of hydrogen-bond acceptors (Lipinski definition) is 5. The fourth-order valence-corrected chi connectivity index (χ4v) is 3.30.